The van der Waals surface area contributed by atoms with E-state index in [2.05, 4.69) is 5.32 Å². The molecule has 0 amide bonds. The Hall–Kier alpha value is -0.800. The fourth-order valence-corrected chi connectivity index (χ4v) is 0.992. The number of hydrogen-bond acceptors (Lipinski definition) is 3. The van der Waals surface area contributed by atoms with Crippen molar-refractivity contribution >= 4 is 0 Å². The normalized spacial score (nSPS) is 16.5. The molecule has 0 aromatic rings. The quantitative estimate of drug-likeness (QED) is 0.617. The molecule has 0 spiro atoms. The van der Waals surface area contributed by atoms with Crippen LogP contribution in [0.2, 0.25) is 0 Å². The molecule has 0 unspecified atom stereocenters. The van der Waals surface area contributed by atoms with Gasteiger partial charge in [-0.15, -0.1) is 0 Å². The number of dihydropyridines is 1. The SMILES string of the molecule is COC(OC)C1=CCC=CN1. The fraction of sp³-hybridized carbons (Fsp3) is 0.500. The van der Waals surface area contributed by atoms with Gasteiger partial charge in [-0.25, -0.2) is 0 Å². The summed E-state index contributed by atoms with van der Waals surface area (Å²) >= 11 is 0. The average Bonchev–Trinajstić information content (AvgIpc) is 2.09. The number of hydrogen-bond donors (Lipinski definition) is 1. The van der Waals surface area contributed by atoms with Gasteiger partial charge in [0.05, 0.1) is 5.70 Å². The summed E-state index contributed by atoms with van der Waals surface area (Å²) in [6.45, 7) is 0. The zero-order valence-corrected chi connectivity index (χ0v) is 6.83. The van der Waals surface area contributed by atoms with Crippen LogP contribution in [0, 0.1) is 0 Å². The first-order valence-electron chi connectivity index (χ1n) is 3.55. The largest absolute Gasteiger partial charge is 0.361 e. The Balaban J connectivity index is 2.50. The second-order valence-electron chi connectivity index (χ2n) is 2.25. The Morgan fingerprint density at radius 2 is 2.18 bits per heavy atom. The molecular weight excluding hydrogens is 142 g/mol. The Morgan fingerprint density at radius 3 is 2.64 bits per heavy atom. The van der Waals surface area contributed by atoms with E-state index in [-0.39, 0.29) is 6.29 Å². The molecule has 0 atom stereocenters. The summed E-state index contributed by atoms with van der Waals surface area (Å²) in [5.41, 5.74) is 0.970. The average molecular weight is 155 g/mol. The highest BCUT2D eigenvalue weighted by Crippen LogP contribution is 2.08. The first-order chi connectivity index (χ1) is 5.38. The molecule has 0 saturated carbocycles. The molecule has 3 heteroatoms. The van der Waals surface area contributed by atoms with E-state index in [0.29, 0.717) is 0 Å². The molecule has 1 heterocycles. The first kappa shape index (κ1) is 8.30. The lowest BCUT2D eigenvalue weighted by Gasteiger charge is -2.18. The molecule has 0 radical (unpaired) electrons. The van der Waals surface area contributed by atoms with Crippen LogP contribution < -0.4 is 5.32 Å². The standard InChI is InChI=1S/C8H13NO2/c1-10-8(11-2)7-5-3-4-6-9-7/h4-6,8-9H,3H2,1-2H3. The molecule has 1 rings (SSSR count). The minimum absolute atomic E-state index is 0.264. The second-order valence-corrected chi connectivity index (χ2v) is 2.25. The zero-order chi connectivity index (χ0) is 8.10. The van der Waals surface area contributed by atoms with Crippen molar-refractivity contribution in [1.29, 1.82) is 0 Å². The van der Waals surface area contributed by atoms with Gasteiger partial charge in [0.1, 0.15) is 0 Å². The predicted octanol–water partition coefficient (Wildman–Crippen LogP) is 0.996. The van der Waals surface area contributed by atoms with Crippen molar-refractivity contribution in [2.75, 3.05) is 14.2 Å². The van der Waals surface area contributed by atoms with E-state index in [4.69, 9.17) is 9.47 Å². The predicted molar refractivity (Wildman–Crippen MR) is 42.8 cm³/mol. The van der Waals surface area contributed by atoms with Crippen LogP contribution in [-0.4, -0.2) is 20.5 Å². The smallest absolute Gasteiger partial charge is 0.198 e. The van der Waals surface area contributed by atoms with Crippen molar-refractivity contribution in [3.63, 3.8) is 0 Å². The van der Waals surface area contributed by atoms with Gasteiger partial charge in [0.2, 0.25) is 0 Å². The first-order valence-corrected chi connectivity index (χ1v) is 3.55. The summed E-state index contributed by atoms with van der Waals surface area (Å²) in [4.78, 5) is 0. The van der Waals surface area contributed by atoms with Crippen LogP contribution in [0.25, 0.3) is 0 Å². The summed E-state index contributed by atoms with van der Waals surface area (Å²) < 4.78 is 10.1. The van der Waals surface area contributed by atoms with Crippen molar-refractivity contribution in [2.24, 2.45) is 0 Å². The highest BCUT2D eigenvalue weighted by molar-refractivity contribution is 5.13. The Bertz CT molecular complexity index is 171. The van der Waals surface area contributed by atoms with Crippen molar-refractivity contribution in [3.05, 3.63) is 24.0 Å². The molecule has 1 aliphatic rings. The molecule has 0 aliphatic carbocycles. The van der Waals surface area contributed by atoms with Crippen molar-refractivity contribution in [3.8, 4) is 0 Å². The van der Waals surface area contributed by atoms with Gasteiger partial charge in [0.25, 0.3) is 0 Å². The van der Waals surface area contributed by atoms with E-state index in [1.54, 1.807) is 14.2 Å². The van der Waals surface area contributed by atoms with E-state index >= 15 is 0 Å². The molecule has 11 heavy (non-hydrogen) atoms. The van der Waals surface area contributed by atoms with Gasteiger partial charge < -0.3 is 14.8 Å². The van der Waals surface area contributed by atoms with Gasteiger partial charge in [0.15, 0.2) is 6.29 Å². The van der Waals surface area contributed by atoms with E-state index in [1.807, 2.05) is 18.4 Å². The monoisotopic (exact) mass is 155 g/mol. The van der Waals surface area contributed by atoms with Crippen LogP contribution in [0.1, 0.15) is 6.42 Å². The minimum Gasteiger partial charge on any atom is -0.361 e. The minimum atomic E-state index is -0.264. The molecule has 0 fully saturated rings. The molecule has 62 valence electrons. The number of rotatable bonds is 3. The maximum atomic E-state index is 5.05. The lowest BCUT2D eigenvalue weighted by molar-refractivity contribution is -0.0779. The van der Waals surface area contributed by atoms with Crippen molar-refractivity contribution in [1.82, 2.24) is 5.32 Å². The molecule has 0 aromatic carbocycles. The number of nitrogens with one attached hydrogen (secondary N) is 1. The zero-order valence-electron chi connectivity index (χ0n) is 6.83. The van der Waals surface area contributed by atoms with Crippen LogP contribution in [0.4, 0.5) is 0 Å². The Labute approximate surface area is 66.7 Å². The van der Waals surface area contributed by atoms with Crippen LogP contribution in [0.15, 0.2) is 24.0 Å². The molecule has 0 saturated heterocycles. The Kier molecular flexibility index (Phi) is 3.14. The maximum absolute atomic E-state index is 5.05. The third-order valence-electron chi connectivity index (χ3n) is 1.52. The van der Waals surface area contributed by atoms with Gasteiger partial charge in [0, 0.05) is 14.2 Å². The highest BCUT2D eigenvalue weighted by Gasteiger charge is 2.11. The fourth-order valence-electron chi connectivity index (χ4n) is 0.992. The van der Waals surface area contributed by atoms with E-state index < -0.39 is 0 Å². The summed E-state index contributed by atoms with van der Waals surface area (Å²) in [5, 5.41) is 3.05. The van der Waals surface area contributed by atoms with E-state index in [9.17, 15) is 0 Å². The maximum Gasteiger partial charge on any atom is 0.198 e. The van der Waals surface area contributed by atoms with Crippen LogP contribution in [0.5, 0.6) is 0 Å². The summed E-state index contributed by atoms with van der Waals surface area (Å²) in [6, 6.07) is 0. The van der Waals surface area contributed by atoms with E-state index in [1.165, 1.54) is 0 Å². The Morgan fingerprint density at radius 1 is 1.45 bits per heavy atom. The molecular formula is C8H13NO2. The van der Waals surface area contributed by atoms with Crippen molar-refractivity contribution in [2.45, 2.75) is 12.7 Å². The summed E-state index contributed by atoms with van der Waals surface area (Å²) in [7, 11) is 3.24. The van der Waals surface area contributed by atoms with Crippen LogP contribution in [-0.2, 0) is 9.47 Å². The lowest BCUT2D eigenvalue weighted by Crippen LogP contribution is -2.25. The number of methoxy groups -OCH3 is 2. The second kappa shape index (κ2) is 4.16. The molecule has 0 aromatic heterocycles. The third kappa shape index (κ3) is 2.06. The molecule has 3 nitrogen and oxygen atoms in total. The number of allylic oxidation sites excluding steroid dienone is 2. The molecule has 1 aliphatic heterocycles. The summed E-state index contributed by atoms with van der Waals surface area (Å²) in [6.07, 6.45) is 6.63. The van der Waals surface area contributed by atoms with Crippen molar-refractivity contribution < 1.29 is 9.47 Å². The summed E-state index contributed by atoms with van der Waals surface area (Å²) in [5.74, 6) is 0. The third-order valence-corrected chi connectivity index (χ3v) is 1.52. The van der Waals surface area contributed by atoms with Gasteiger partial charge >= 0.3 is 0 Å². The number of ether oxygens (including phenoxy) is 2. The van der Waals surface area contributed by atoms with Gasteiger partial charge in [-0.1, -0.05) is 12.2 Å². The highest BCUT2D eigenvalue weighted by atomic mass is 16.7. The van der Waals surface area contributed by atoms with Gasteiger partial charge in [-0.2, -0.15) is 0 Å². The topological polar surface area (TPSA) is 30.5 Å². The molecule has 0 bridgehead atoms. The van der Waals surface area contributed by atoms with Crippen LogP contribution in [0.3, 0.4) is 0 Å². The van der Waals surface area contributed by atoms with Crippen LogP contribution >= 0.6 is 0 Å². The molecule has 1 N–H and O–H groups in total. The van der Waals surface area contributed by atoms with Gasteiger partial charge in [-0.05, 0) is 12.6 Å². The van der Waals surface area contributed by atoms with Gasteiger partial charge in [-0.3, -0.25) is 0 Å². The van der Waals surface area contributed by atoms with E-state index in [0.717, 1.165) is 12.1 Å². The lowest BCUT2D eigenvalue weighted by atomic mass is 10.2.